The number of rotatable bonds is 2. The molecule has 0 heterocycles. The van der Waals surface area contributed by atoms with Gasteiger partial charge in [-0.25, -0.2) is 0 Å². The number of nitrogens with two attached hydrogens (primary N) is 1. The quantitative estimate of drug-likeness (QED) is 0.717. The van der Waals surface area contributed by atoms with E-state index in [0.717, 1.165) is 13.0 Å². The van der Waals surface area contributed by atoms with Gasteiger partial charge in [-0.1, -0.05) is 0 Å². The van der Waals surface area contributed by atoms with Crippen molar-refractivity contribution in [2.75, 3.05) is 6.54 Å². The number of hydrogen-bond acceptors (Lipinski definition) is 1. The summed E-state index contributed by atoms with van der Waals surface area (Å²) in [6.45, 7) is 0.754. The van der Waals surface area contributed by atoms with Gasteiger partial charge in [0, 0.05) is 0 Å². The maximum atomic E-state index is 5.32. The zero-order valence-corrected chi connectivity index (χ0v) is 9.15. The Morgan fingerprint density at radius 2 is 1.21 bits per heavy atom. The van der Waals surface area contributed by atoms with E-state index in [0.29, 0.717) is 0 Å². The van der Waals surface area contributed by atoms with E-state index < -0.39 is 0 Å². The second-order valence-electron chi connectivity index (χ2n) is 2.79. The molecule has 0 unspecified atom stereocenters. The molecule has 2 aliphatic carbocycles. The van der Waals surface area contributed by atoms with Crippen molar-refractivity contribution in [2.45, 2.75) is 6.42 Å². The summed E-state index contributed by atoms with van der Waals surface area (Å²) in [5, 5.41) is 0. The Morgan fingerprint density at radius 3 is 1.57 bits per heavy atom. The SMILES string of the molecule is NCC[C]1[CH][CH][CH][CH]1.[CH]1[CH][CH][CH][CH]1.[Fe+2]. The Labute approximate surface area is 99.7 Å². The normalized spacial score (nSPS) is 21.2. The van der Waals surface area contributed by atoms with Crippen molar-refractivity contribution in [1.82, 2.24) is 0 Å². The van der Waals surface area contributed by atoms with Crippen LogP contribution in [-0.2, 0) is 17.1 Å². The van der Waals surface area contributed by atoms with Crippen LogP contribution in [0.15, 0.2) is 0 Å². The van der Waals surface area contributed by atoms with E-state index in [9.17, 15) is 0 Å². The maximum absolute atomic E-state index is 5.32. The van der Waals surface area contributed by atoms with E-state index in [1.165, 1.54) is 5.92 Å². The van der Waals surface area contributed by atoms with Gasteiger partial charge in [0.1, 0.15) is 0 Å². The van der Waals surface area contributed by atoms with Crippen molar-refractivity contribution in [3.63, 3.8) is 0 Å². The van der Waals surface area contributed by atoms with E-state index in [1.807, 2.05) is 44.9 Å². The second kappa shape index (κ2) is 10.0. The second-order valence-corrected chi connectivity index (χ2v) is 2.79. The van der Waals surface area contributed by atoms with Crippen molar-refractivity contribution in [3.8, 4) is 0 Å². The van der Waals surface area contributed by atoms with Crippen LogP contribution >= 0.6 is 0 Å². The summed E-state index contributed by atoms with van der Waals surface area (Å²) >= 11 is 0. The maximum Gasteiger partial charge on any atom is 2.00 e. The molecule has 0 aromatic rings. The monoisotopic (exact) mass is 229 g/mol. The molecule has 0 spiro atoms. The van der Waals surface area contributed by atoms with Crippen molar-refractivity contribution < 1.29 is 17.1 Å². The molecule has 0 saturated heterocycles. The topological polar surface area (TPSA) is 26.0 Å². The molecule has 0 amide bonds. The molecule has 2 N–H and O–H groups in total. The molecule has 14 heavy (non-hydrogen) atoms. The Bertz CT molecular complexity index is 99.3. The molecule has 0 aromatic carbocycles. The molecule has 0 aliphatic heterocycles. The Kier molecular flexibility index (Phi) is 10.4. The molecule has 10 radical (unpaired) electrons. The molecular weight excluding hydrogens is 214 g/mol. The summed E-state index contributed by atoms with van der Waals surface area (Å²) in [5.41, 5.74) is 5.32. The zero-order chi connectivity index (χ0) is 9.36. The average Bonchev–Trinajstić information content (AvgIpc) is 2.79. The van der Waals surface area contributed by atoms with Crippen LogP contribution in [-0.4, -0.2) is 6.54 Å². The molecule has 0 atom stereocenters. The van der Waals surface area contributed by atoms with Crippen molar-refractivity contribution >= 4 is 0 Å². The first kappa shape index (κ1) is 14.5. The summed E-state index contributed by atoms with van der Waals surface area (Å²) in [7, 11) is 0. The molecule has 2 fully saturated rings. The molecule has 1 nitrogen and oxygen atoms in total. The van der Waals surface area contributed by atoms with Gasteiger partial charge in [0.05, 0.1) is 0 Å². The summed E-state index contributed by atoms with van der Waals surface area (Å²) in [6.07, 6.45) is 19.3. The molecule has 2 heteroatoms. The van der Waals surface area contributed by atoms with E-state index in [2.05, 4.69) is 12.8 Å². The van der Waals surface area contributed by atoms with Crippen molar-refractivity contribution in [2.24, 2.45) is 5.73 Å². The Hall–Kier alpha value is 0.479. The molecule has 2 saturated carbocycles. The zero-order valence-electron chi connectivity index (χ0n) is 8.04. The molecule has 0 aromatic heterocycles. The predicted octanol–water partition coefficient (Wildman–Crippen LogP) is 1.76. The predicted molar refractivity (Wildman–Crippen MR) is 55.6 cm³/mol. The van der Waals surface area contributed by atoms with Gasteiger partial charge in [0.25, 0.3) is 0 Å². The van der Waals surface area contributed by atoms with Crippen molar-refractivity contribution in [1.29, 1.82) is 0 Å². The summed E-state index contributed by atoms with van der Waals surface area (Å²) in [6, 6.07) is 0. The van der Waals surface area contributed by atoms with Gasteiger partial charge < -0.3 is 5.73 Å². The first-order chi connectivity index (χ1) is 6.43. The van der Waals surface area contributed by atoms with E-state index >= 15 is 0 Å². The fourth-order valence-electron chi connectivity index (χ4n) is 1.07. The summed E-state index contributed by atoms with van der Waals surface area (Å²) < 4.78 is 0. The summed E-state index contributed by atoms with van der Waals surface area (Å²) in [4.78, 5) is 0. The molecule has 2 rings (SSSR count). The van der Waals surface area contributed by atoms with Crippen molar-refractivity contribution in [3.05, 3.63) is 63.7 Å². The van der Waals surface area contributed by atoms with E-state index in [-0.39, 0.29) is 17.1 Å². The van der Waals surface area contributed by atoms with Gasteiger partial charge >= 0.3 is 17.1 Å². The Morgan fingerprint density at radius 1 is 0.786 bits per heavy atom. The van der Waals surface area contributed by atoms with Gasteiger partial charge in [0.15, 0.2) is 0 Å². The third kappa shape index (κ3) is 6.86. The van der Waals surface area contributed by atoms with Crippen LogP contribution in [0.4, 0.5) is 0 Å². The van der Waals surface area contributed by atoms with Crippen LogP contribution in [0.1, 0.15) is 6.42 Å². The van der Waals surface area contributed by atoms with Gasteiger partial charge in [-0.15, -0.1) is 0 Å². The first-order valence-electron chi connectivity index (χ1n) is 4.51. The first-order valence-corrected chi connectivity index (χ1v) is 4.51. The minimum absolute atomic E-state index is 0. The minimum atomic E-state index is 0. The van der Waals surface area contributed by atoms with E-state index in [4.69, 9.17) is 5.73 Å². The molecule has 74 valence electrons. The van der Waals surface area contributed by atoms with E-state index in [1.54, 1.807) is 0 Å². The fraction of sp³-hybridized carbons (Fsp3) is 0.167. The fourth-order valence-corrected chi connectivity index (χ4v) is 1.07. The van der Waals surface area contributed by atoms with Crippen LogP contribution in [0.3, 0.4) is 0 Å². The molecule has 0 bridgehead atoms. The Balaban J connectivity index is 0.000000246. The standard InChI is InChI=1S/C7H10N.C5H5.Fe/c8-6-5-7-3-1-2-4-7;1-2-4-5-3-1;/h1-4H,5-6,8H2;1-5H;/q;;+2. The average molecular weight is 229 g/mol. The third-order valence-electron chi connectivity index (χ3n) is 1.72. The molecular formula is C12H15FeN+2. The minimum Gasteiger partial charge on any atom is -0.330 e. The van der Waals surface area contributed by atoms with Crippen LogP contribution in [0.2, 0.25) is 0 Å². The van der Waals surface area contributed by atoms with Crippen LogP contribution in [0.5, 0.6) is 0 Å². The van der Waals surface area contributed by atoms with Gasteiger partial charge in [-0.05, 0) is 76.7 Å². The van der Waals surface area contributed by atoms with Crippen LogP contribution in [0, 0.1) is 63.7 Å². The van der Waals surface area contributed by atoms with Crippen LogP contribution < -0.4 is 5.73 Å². The van der Waals surface area contributed by atoms with Gasteiger partial charge in [-0.3, -0.25) is 0 Å². The van der Waals surface area contributed by atoms with Gasteiger partial charge in [0.2, 0.25) is 0 Å². The summed E-state index contributed by atoms with van der Waals surface area (Å²) in [5.74, 6) is 1.34. The largest absolute Gasteiger partial charge is 2.00 e. The number of hydrogen-bond donors (Lipinski definition) is 1. The molecule has 2 aliphatic rings. The van der Waals surface area contributed by atoms with Crippen LogP contribution in [0.25, 0.3) is 0 Å². The third-order valence-corrected chi connectivity index (χ3v) is 1.72. The van der Waals surface area contributed by atoms with Gasteiger partial charge in [-0.2, -0.15) is 0 Å². The smallest absolute Gasteiger partial charge is 0.330 e.